The van der Waals surface area contributed by atoms with Gasteiger partial charge in [0, 0.05) is 17.8 Å². The summed E-state index contributed by atoms with van der Waals surface area (Å²) in [7, 11) is 0. The zero-order chi connectivity index (χ0) is 22.1. The first-order chi connectivity index (χ1) is 14.0. The molecule has 3 aromatic rings. The van der Waals surface area contributed by atoms with E-state index >= 15 is 0 Å². The summed E-state index contributed by atoms with van der Waals surface area (Å²) in [6.45, 7) is 7.34. The van der Waals surface area contributed by atoms with E-state index in [1.165, 1.54) is 12.1 Å². The van der Waals surface area contributed by atoms with Gasteiger partial charge in [-0.2, -0.15) is 10.1 Å². The summed E-state index contributed by atoms with van der Waals surface area (Å²) < 4.78 is 47.5. The molecule has 3 rings (SSSR count). The summed E-state index contributed by atoms with van der Waals surface area (Å²) in [5.74, 6) is -0.357. The van der Waals surface area contributed by atoms with E-state index in [9.17, 15) is 18.0 Å². The Morgan fingerprint density at radius 1 is 1.20 bits per heavy atom. The maximum atomic E-state index is 12.6. The van der Waals surface area contributed by atoms with Crippen molar-refractivity contribution in [3.05, 3.63) is 47.6 Å². The number of nitrogens with one attached hydrogen (secondary N) is 1. The van der Waals surface area contributed by atoms with Gasteiger partial charge in [0.05, 0.1) is 11.3 Å². The van der Waals surface area contributed by atoms with Gasteiger partial charge in [0.25, 0.3) is 5.91 Å². The van der Waals surface area contributed by atoms with Crippen molar-refractivity contribution < 1.29 is 27.2 Å². The Hall–Kier alpha value is -3.37. The first-order valence-corrected chi connectivity index (χ1v) is 9.10. The van der Waals surface area contributed by atoms with Crippen molar-refractivity contribution in [2.45, 2.75) is 46.1 Å². The molecule has 0 saturated carbocycles. The van der Waals surface area contributed by atoms with Crippen molar-refractivity contribution in [1.82, 2.24) is 25.2 Å². The smallest absolute Gasteiger partial charge is 0.406 e. The minimum Gasteiger partial charge on any atom is -0.406 e. The standard InChI is InChI=1S/C19H20F3N5O3/c1-10(2)27-9-15(11(3)25-27)17(28)23-12(4)18-24-16(26-30-18)13-5-7-14(8-6-13)29-19(20,21)22/h5-10,12H,1-4H3,(H,23,28)/t12-/m0/s1. The van der Waals surface area contributed by atoms with Gasteiger partial charge in [0.1, 0.15) is 11.8 Å². The number of amides is 1. The summed E-state index contributed by atoms with van der Waals surface area (Å²) in [5, 5.41) is 10.9. The van der Waals surface area contributed by atoms with Gasteiger partial charge in [-0.3, -0.25) is 9.48 Å². The lowest BCUT2D eigenvalue weighted by atomic mass is 10.2. The molecular formula is C19H20F3N5O3. The molecule has 0 spiro atoms. The fourth-order valence-electron chi connectivity index (χ4n) is 2.64. The molecule has 1 N–H and O–H groups in total. The Kier molecular flexibility index (Phi) is 5.81. The summed E-state index contributed by atoms with van der Waals surface area (Å²) in [5.41, 5.74) is 1.48. The Balaban J connectivity index is 1.69. The summed E-state index contributed by atoms with van der Waals surface area (Å²) in [6, 6.07) is 4.59. The number of benzene rings is 1. The van der Waals surface area contributed by atoms with Crippen LogP contribution >= 0.6 is 0 Å². The highest BCUT2D eigenvalue weighted by atomic mass is 19.4. The number of aryl methyl sites for hydroxylation is 1. The molecule has 0 saturated heterocycles. The number of rotatable bonds is 6. The third kappa shape index (κ3) is 4.97. The second-order valence-electron chi connectivity index (χ2n) is 6.93. The zero-order valence-electron chi connectivity index (χ0n) is 16.7. The van der Waals surface area contributed by atoms with Crippen molar-refractivity contribution in [2.24, 2.45) is 0 Å². The van der Waals surface area contributed by atoms with Gasteiger partial charge in [0.2, 0.25) is 11.7 Å². The number of alkyl halides is 3. The van der Waals surface area contributed by atoms with Crippen LogP contribution in [-0.2, 0) is 0 Å². The van der Waals surface area contributed by atoms with Crippen molar-refractivity contribution in [3.63, 3.8) is 0 Å². The van der Waals surface area contributed by atoms with Gasteiger partial charge >= 0.3 is 6.36 Å². The maximum absolute atomic E-state index is 12.6. The van der Waals surface area contributed by atoms with E-state index in [4.69, 9.17) is 4.52 Å². The highest BCUT2D eigenvalue weighted by Gasteiger charge is 2.31. The fourth-order valence-corrected chi connectivity index (χ4v) is 2.64. The van der Waals surface area contributed by atoms with Gasteiger partial charge < -0.3 is 14.6 Å². The number of ether oxygens (including phenoxy) is 1. The van der Waals surface area contributed by atoms with Crippen molar-refractivity contribution >= 4 is 5.91 Å². The van der Waals surface area contributed by atoms with Gasteiger partial charge in [-0.1, -0.05) is 5.16 Å². The first-order valence-electron chi connectivity index (χ1n) is 9.10. The molecule has 0 bridgehead atoms. The summed E-state index contributed by atoms with van der Waals surface area (Å²) in [6.07, 6.45) is -3.09. The van der Waals surface area contributed by atoms with Crippen molar-refractivity contribution in [1.29, 1.82) is 0 Å². The number of nitrogens with zero attached hydrogens (tertiary/aromatic N) is 4. The number of carbonyl (C=O) groups excluding carboxylic acids is 1. The maximum Gasteiger partial charge on any atom is 0.573 e. The molecule has 30 heavy (non-hydrogen) atoms. The monoisotopic (exact) mass is 423 g/mol. The Bertz CT molecular complexity index is 1020. The minimum atomic E-state index is -4.77. The van der Waals surface area contributed by atoms with Crippen LogP contribution in [0.1, 0.15) is 54.8 Å². The summed E-state index contributed by atoms with van der Waals surface area (Å²) >= 11 is 0. The SMILES string of the molecule is Cc1nn(C(C)C)cc1C(=O)N[C@@H](C)c1nc(-c2ccc(OC(F)(F)F)cc2)no1. The van der Waals surface area contributed by atoms with Crippen molar-refractivity contribution in [2.75, 3.05) is 0 Å². The zero-order valence-corrected chi connectivity index (χ0v) is 16.7. The predicted molar refractivity (Wildman–Crippen MR) is 99.6 cm³/mol. The van der Waals surface area contributed by atoms with Crippen LogP contribution in [0.25, 0.3) is 11.4 Å². The van der Waals surface area contributed by atoms with E-state index in [0.717, 1.165) is 12.1 Å². The molecule has 0 radical (unpaired) electrons. The van der Waals surface area contributed by atoms with E-state index in [1.807, 2.05) is 13.8 Å². The largest absolute Gasteiger partial charge is 0.573 e. The number of hydrogen-bond donors (Lipinski definition) is 1. The lowest BCUT2D eigenvalue weighted by Crippen LogP contribution is -2.27. The highest BCUT2D eigenvalue weighted by Crippen LogP contribution is 2.26. The van der Waals surface area contributed by atoms with Gasteiger partial charge in [-0.15, -0.1) is 13.2 Å². The van der Waals surface area contributed by atoms with Crippen LogP contribution in [0.2, 0.25) is 0 Å². The normalized spacial score (nSPS) is 12.8. The average Bonchev–Trinajstić information content (AvgIpc) is 3.28. The van der Waals surface area contributed by atoms with Crippen molar-refractivity contribution in [3.8, 4) is 17.1 Å². The van der Waals surface area contributed by atoms with Gasteiger partial charge in [-0.05, 0) is 52.0 Å². The lowest BCUT2D eigenvalue weighted by Gasteiger charge is -2.09. The summed E-state index contributed by atoms with van der Waals surface area (Å²) in [4.78, 5) is 16.8. The fraction of sp³-hybridized carbons (Fsp3) is 0.368. The van der Waals surface area contributed by atoms with E-state index in [0.29, 0.717) is 16.8 Å². The predicted octanol–water partition coefficient (Wildman–Crippen LogP) is 4.21. The van der Waals surface area contributed by atoms with Crippen LogP contribution < -0.4 is 10.1 Å². The molecule has 0 unspecified atom stereocenters. The van der Waals surface area contributed by atoms with E-state index in [2.05, 4.69) is 25.3 Å². The molecule has 1 atom stereocenters. The Morgan fingerprint density at radius 3 is 2.43 bits per heavy atom. The lowest BCUT2D eigenvalue weighted by molar-refractivity contribution is -0.274. The molecule has 0 fully saturated rings. The molecule has 2 aromatic heterocycles. The number of hydrogen-bond acceptors (Lipinski definition) is 6. The van der Waals surface area contributed by atoms with E-state index < -0.39 is 12.4 Å². The Morgan fingerprint density at radius 2 is 1.87 bits per heavy atom. The number of carbonyl (C=O) groups is 1. The number of aromatic nitrogens is 4. The third-order valence-electron chi connectivity index (χ3n) is 4.20. The second-order valence-corrected chi connectivity index (χ2v) is 6.93. The van der Waals surface area contributed by atoms with Gasteiger partial charge in [-0.25, -0.2) is 0 Å². The highest BCUT2D eigenvalue weighted by molar-refractivity contribution is 5.95. The van der Waals surface area contributed by atoms with Crippen LogP contribution in [-0.4, -0.2) is 32.2 Å². The van der Waals surface area contributed by atoms with E-state index in [-0.39, 0.29) is 29.4 Å². The molecule has 8 nitrogen and oxygen atoms in total. The van der Waals surface area contributed by atoms with Crippen LogP contribution in [0.3, 0.4) is 0 Å². The molecule has 0 aliphatic heterocycles. The molecule has 1 amide bonds. The quantitative estimate of drug-likeness (QED) is 0.638. The topological polar surface area (TPSA) is 95.1 Å². The van der Waals surface area contributed by atoms with Crippen LogP contribution in [0.4, 0.5) is 13.2 Å². The molecule has 2 heterocycles. The number of halogens is 3. The third-order valence-corrected chi connectivity index (χ3v) is 4.20. The van der Waals surface area contributed by atoms with Gasteiger partial charge in [0.15, 0.2) is 0 Å². The molecule has 1 aromatic carbocycles. The Labute approximate surface area is 170 Å². The van der Waals surface area contributed by atoms with Crippen LogP contribution in [0, 0.1) is 6.92 Å². The minimum absolute atomic E-state index is 0.120. The molecule has 0 aliphatic carbocycles. The average molecular weight is 423 g/mol. The first kappa shape index (κ1) is 21.3. The van der Waals surface area contributed by atoms with Crippen LogP contribution in [0.5, 0.6) is 5.75 Å². The second kappa shape index (κ2) is 8.17. The molecule has 0 aliphatic rings. The molecular weight excluding hydrogens is 403 g/mol. The van der Waals surface area contributed by atoms with E-state index in [1.54, 1.807) is 24.7 Å². The molecule has 160 valence electrons. The molecule has 11 heteroatoms. The van der Waals surface area contributed by atoms with Crippen LogP contribution in [0.15, 0.2) is 35.0 Å².